The number of aliphatic hydroxyl groups is 1. The first-order chi connectivity index (χ1) is 4.52. The van der Waals surface area contributed by atoms with E-state index in [1.807, 2.05) is 0 Å². The summed E-state index contributed by atoms with van der Waals surface area (Å²) < 4.78 is 0. The van der Waals surface area contributed by atoms with Gasteiger partial charge in [0.1, 0.15) is 5.60 Å². The smallest absolute Gasteiger partial charge is 0.179 e. The van der Waals surface area contributed by atoms with Crippen molar-refractivity contribution in [2.45, 2.75) is 12.5 Å². The number of rotatable bonds is 0. The van der Waals surface area contributed by atoms with Gasteiger partial charge in [0, 0.05) is 6.08 Å². The first-order valence-electron chi connectivity index (χ1n) is 2.85. The average molecular weight is 159 g/mol. The van der Waals surface area contributed by atoms with Gasteiger partial charge in [-0.3, -0.25) is 4.79 Å². The van der Waals surface area contributed by atoms with Gasteiger partial charge in [-0.2, -0.15) is 0 Å². The van der Waals surface area contributed by atoms with Crippen molar-refractivity contribution in [3.8, 4) is 0 Å². The third-order valence-corrected chi connectivity index (χ3v) is 1.82. The topological polar surface area (TPSA) is 37.3 Å². The van der Waals surface area contributed by atoms with Gasteiger partial charge in [-0.05, 0) is 19.1 Å². The minimum atomic E-state index is -1.16. The maximum absolute atomic E-state index is 10.6. The summed E-state index contributed by atoms with van der Waals surface area (Å²) in [7, 11) is 0. The van der Waals surface area contributed by atoms with Crippen LogP contribution in [0.4, 0.5) is 0 Å². The molecular weight excluding hydrogens is 152 g/mol. The Balaban J connectivity index is 2.97. The van der Waals surface area contributed by atoms with Crippen molar-refractivity contribution in [2.75, 3.05) is 0 Å². The van der Waals surface area contributed by atoms with Crippen molar-refractivity contribution in [3.63, 3.8) is 0 Å². The number of halogens is 1. The van der Waals surface area contributed by atoms with Crippen molar-refractivity contribution in [2.24, 2.45) is 0 Å². The van der Waals surface area contributed by atoms with Crippen LogP contribution in [-0.2, 0) is 4.79 Å². The van der Waals surface area contributed by atoms with Gasteiger partial charge >= 0.3 is 0 Å². The number of allylic oxidation sites excluding steroid dienone is 2. The van der Waals surface area contributed by atoms with Crippen LogP contribution in [-0.4, -0.2) is 16.5 Å². The number of ketones is 1. The molecule has 1 aliphatic carbocycles. The lowest BCUT2D eigenvalue weighted by atomic mass is 10.00. The summed E-state index contributed by atoms with van der Waals surface area (Å²) in [6.07, 6.45) is 3.88. The van der Waals surface area contributed by atoms with E-state index >= 15 is 0 Å². The van der Waals surface area contributed by atoms with Crippen LogP contribution in [0.3, 0.4) is 0 Å². The highest BCUT2D eigenvalue weighted by Gasteiger charge is 2.24. The lowest BCUT2D eigenvalue weighted by molar-refractivity contribution is -0.110. The fourth-order valence-electron chi connectivity index (χ4n) is 0.643. The highest BCUT2D eigenvalue weighted by molar-refractivity contribution is 6.33. The Kier molecular flexibility index (Phi) is 1.67. The molecule has 0 radical (unpaired) electrons. The first kappa shape index (κ1) is 7.51. The average Bonchev–Trinajstić information content (AvgIpc) is 1.81. The van der Waals surface area contributed by atoms with Crippen LogP contribution < -0.4 is 0 Å². The molecule has 0 aromatic heterocycles. The van der Waals surface area contributed by atoms with Gasteiger partial charge in [-0.15, -0.1) is 0 Å². The van der Waals surface area contributed by atoms with Crippen LogP contribution in [0.15, 0.2) is 23.3 Å². The molecule has 1 atom stereocenters. The summed E-state index contributed by atoms with van der Waals surface area (Å²) in [5, 5.41) is 9.49. The van der Waals surface area contributed by atoms with Gasteiger partial charge in [0.2, 0.25) is 0 Å². The summed E-state index contributed by atoms with van der Waals surface area (Å²) in [6.45, 7) is 1.52. The zero-order chi connectivity index (χ0) is 7.78. The minimum absolute atomic E-state index is 0.167. The number of carbonyl (C=O) groups excluding carboxylic acids is 1. The summed E-state index contributed by atoms with van der Waals surface area (Å²) in [5.41, 5.74) is -1.16. The maximum atomic E-state index is 10.6. The van der Waals surface area contributed by atoms with Crippen LogP contribution in [0.1, 0.15) is 6.92 Å². The molecule has 0 heterocycles. The first-order valence-corrected chi connectivity index (χ1v) is 3.23. The molecule has 1 aliphatic rings. The fraction of sp³-hybridized carbons (Fsp3) is 0.286. The second kappa shape index (κ2) is 2.22. The minimum Gasteiger partial charge on any atom is -0.380 e. The number of hydrogen-bond acceptors (Lipinski definition) is 2. The molecule has 0 bridgehead atoms. The zero-order valence-electron chi connectivity index (χ0n) is 5.47. The van der Waals surface area contributed by atoms with Crippen molar-refractivity contribution in [1.29, 1.82) is 0 Å². The van der Waals surface area contributed by atoms with Crippen molar-refractivity contribution in [3.05, 3.63) is 23.3 Å². The lowest BCUT2D eigenvalue weighted by Crippen LogP contribution is -2.24. The number of hydrogen-bond donors (Lipinski definition) is 1. The predicted octanol–water partition coefficient (Wildman–Crippen LogP) is 0.999. The maximum Gasteiger partial charge on any atom is 0.179 e. The van der Waals surface area contributed by atoms with Gasteiger partial charge in [-0.1, -0.05) is 11.6 Å². The molecule has 0 aromatic carbocycles. The van der Waals surface area contributed by atoms with Crippen LogP contribution in [0.25, 0.3) is 0 Å². The summed E-state index contributed by atoms with van der Waals surface area (Å²) in [5.74, 6) is -0.184. The third-order valence-electron chi connectivity index (χ3n) is 1.32. The molecule has 0 spiro atoms. The van der Waals surface area contributed by atoms with Crippen LogP contribution >= 0.6 is 11.6 Å². The molecule has 10 heavy (non-hydrogen) atoms. The van der Waals surface area contributed by atoms with E-state index in [0.29, 0.717) is 0 Å². The van der Waals surface area contributed by atoms with E-state index in [0.717, 1.165) is 0 Å². The molecule has 1 N–H and O–H groups in total. The van der Waals surface area contributed by atoms with E-state index in [1.54, 1.807) is 0 Å². The molecule has 0 saturated carbocycles. The van der Waals surface area contributed by atoms with Gasteiger partial charge in [0.05, 0.1) is 5.03 Å². The lowest BCUT2D eigenvalue weighted by Gasteiger charge is -2.19. The Hall–Kier alpha value is -0.600. The van der Waals surface area contributed by atoms with Crippen LogP contribution in [0.2, 0.25) is 0 Å². The van der Waals surface area contributed by atoms with Gasteiger partial charge in [0.25, 0.3) is 0 Å². The second-order valence-corrected chi connectivity index (χ2v) is 2.78. The normalized spacial score (nSPS) is 32.3. The van der Waals surface area contributed by atoms with Crippen LogP contribution in [0, 0.1) is 0 Å². The Morgan fingerprint density at radius 3 is 2.70 bits per heavy atom. The van der Waals surface area contributed by atoms with Crippen molar-refractivity contribution < 1.29 is 9.90 Å². The molecule has 0 saturated heterocycles. The highest BCUT2D eigenvalue weighted by atomic mass is 35.5. The Labute approximate surface area is 63.8 Å². The molecule has 0 aliphatic heterocycles. The monoisotopic (exact) mass is 158 g/mol. The summed E-state index contributed by atoms with van der Waals surface area (Å²) in [4.78, 5) is 10.6. The van der Waals surface area contributed by atoms with E-state index in [4.69, 9.17) is 11.6 Å². The second-order valence-electron chi connectivity index (χ2n) is 2.38. The van der Waals surface area contributed by atoms with Gasteiger partial charge < -0.3 is 5.11 Å². The molecule has 54 valence electrons. The van der Waals surface area contributed by atoms with E-state index in [2.05, 4.69) is 0 Å². The van der Waals surface area contributed by atoms with Gasteiger partial charge in [0.15, 0.2) is 5.78 Å². The van der Waals surface area contributed by atoms with Crippen LogP contribution in [0.5, 0.6) is 0 Å². The molecule has 1 rings (SSSR count). The largest absolute Gasteiger partial charge is 0.380 e. The van der Waals surface area contributed by atoms with E-state index in [-0.39, 0.29) is 10.8 Å². The van der Waals surface area contributed by atoms with Crippen molar-refractivity contribution in [1.82, 2.24) is 0 Å². The summed E-state index contributed by atoms with van der Waals surface area (Å²) in [6, 6.07) is 0. The molecular formula is C7H7ClO2. The highest BCUT2D eigenvalue weighted by Crippen LogP contribution is 2.24. The molecule has 0 fully saturated rings. The molecule has 1 unspecified atom stereocenters. The summed E-state index contributed by atoms with van der Waals surface area (Å²) >= 11 is 5.54. The SMILES string of the molecule is CC1(O)C=CC(=O)C=C1Cl. The quantitative estimate of drug-likeness (QED) is 0.571. The van der Waals surface area contributed by atoms with E-state index in [1.165, 1.54) is 25.2 Å². The van der Waals surface area contributed by atoms with E-state index in [9.17, 15) is 9.90 Å². The molecule has 2 nitrogen and oxygen atoms in total. The van der Waals surface area contributed by atoms with E-state index < -0.39 is 5.60 Å². The number of carbonyl (C=O) groups is 1. The standard InChI is InChI=1S/C7H7ClO2/c1-7(10)3-2-5(9)4-6(7)8/h2-4,10H,1H3. The molecule has 0 amide bonds. The molecule has 3 heteroatoms. The Morgan fingerprint density at radius 1 is 1.70 bits per heavy atom. The van der Waals surface area contributed by atoms with Gasteiger partial charge in [-0.25, -0.2) is 0 Å². The Bertz CT molecular complexity index is 226. The fourth-order valence-corrected chi connectivity index (χ4v) is 0.814. The zero-order valence-corrected chi connectivity index (χ0v) is 6.22. The molecule has 0 aromatic rings. The third kappa shape index (κ3) is 1.28. The predicted molar refractivity (Wildman–Crippen MR) is 38.7 cm³/mol. The van der Waals surface area contributed by atoms with Crippen molar-refractivity contribution >= 4 is 17.4 Å². The Morgan fingerprint density at radius 2 is 2.30 bits per heavy atom.